The van der Waals surface area contributed by atoms with Crippen LogP contribution in [0.2, 0.25) is 5.02 Å². The minimum atomic E-state index is 0.684. The number of hydrogen-bond donors (Lipinski definition) is 1. The Morgan fingerprint density at radius 2 is 2.30 bits per heavy atom. The molecule has 1 aliphatic heterocycles. The van der Waals surface area contributed by atoms with Crippen LogP contribution in [0.25, 0.3) is 0 Å². The van der Waals surface area contributed by atoms with E-state index in [0.29, 0.717) is 11.6 Å². The minimum Gasteiger partial charge on any atom is -0.492 e. The number of benzene rings is 1. The molecule has 1 N–H and O–H groups in total. The van der Waals surface area contributed by atoms with Crippen LogP contribution in [-0.4, -0.2) is 38.2 Å². The highest BCUT2D eigenvalue weighted by Gasteiger charge is 2.16. The van der Waals surface area contributed by atoms with Crippen LogP contribution in [0.1, 0.15) is 26.2 Å². The van der Waals surface area contributed by atoms with E-state index in [0.717, 1.165) is 30.3 Å². The molecule has 0 radical (unpaired) electrons. The van der Waals surface area contributed by atoms with Gasteiger partial charge in [0.25, 0.3) is 0 Å². The molecule has 1 aliphatic rings. The van der Waals surface area contributed by atoms with Crippen LogP contribution in [0.5, 0.6) is 5.75 Å². The third kappa shape index (κ3) is 4.57. The summed E-state index contributed by atoms with van der Waals surface area (Å²) in [5, 5.41) is 4.18. The summed E-state index contributed by atoms with van der Waals surface area (Å²) in [5.41, 5.74) is 1.08. The van der Waals surface area contributed by atoms with Crippen molar-refractivity contribution in [1.82, 2.24) is 4.90 Å². The van der Waals surface area contributed by atoms with E-state index in [1.54, 1.807) is 0 Å². The lowest BCUT2D eigenvalue weighted by Gasteiger charge is -2.30. The van der Waals surface area contributed by atoms with E-state index in [1.807, 2.05) is 18.2 Å². The van der Waals surface area contributed by atoms with Gasteiger partial charge in [0, 0.05) is 18.8 Å². The summed E-state index contributed by atoms with van der Waals surface area (Å²) in [7, 11) is 2.20. The molecule has 1 aromatic rings. The maximum atomic E-state index is 6.24. The number of piperidine rings is 1. The molecule has 3 nitrogen and oxygen atoms in total. The van der Waals surface area contributed by atoms with Crippen LogP contribution in [0.3, 0.4) is 0 Å². The SMILES string of the molecule is CCCOc1ccc(NCC2CCCN(C)C2)cc1Cl. The second-order valence-corrected chi connectivity index (χ2v) is 6.05. The van der Waals surface area contributed by atoms with Crippen molar-refractivity contribution in [1.29, 1.82) is 0 Å². The molecule has 0 spiro atoms. The van der Waals surface area contributed by atoms with Gasteiger partial charge in [-0.05, 0) is 57.0 Å². The molecule has 1 atom stereocenters. The molecule has 0 amide bonds. The number of hydrogen-bond acceptors (Lipinski definition) is 3. The topological polar surface area (TPSA) is 24.5 Å². The van der Waals surface area contributed by atoms with Gasteiger partial charge in [-0.1, -0.05) is 18.5 Å². The summed E-state index contributed by atoms with van der Waals surface area (Å²) in [6.07, 6.45) is 3.60. The van der Waals surface area contributed by atoms with E-state index in [4.69, 9.17) is 16.3 Å². The lowest BCUT2D eigenvalue weighted by Crippen LogP contribution is -2.35. The van der Waals surface area contributed by atoms with Crippen molar-refractivity contribution in [2.75, 3.05) is 38.6 Å². The van der Waals surface area contributed by atoms with E-state index in [1.165, 1.54) is 25.9 Å². The molecule has 0 saturated carbocycles. The van der Waals surface area contributed by atoms with E-state index in [9.17, 15) is 0 Å². The standard InChI is InChI=1S/C16H25ClN2O/c1-3-9-20-16-7-6-14(10-15(16)17)18-11-13-5-4-8-19(2)12-13/h6-7,10,13,18H,3-5,8-9,11-12H2,1-2H3. The predicted octanol–water partition coefficient (Wildman–Crippen LogP) is 3.88. The second kappa shape index (κ2) is 7.75. The molecule has 1 fully saturated rings. The van der Waals surface area contributed by atoms with E-state index in [-0.39, 0.29) is 0 Å². The number of anilines is 1. The number of likely N-dealkylation sites (tertiary alicyclic amines) is 1. The van der Waals surface area contributed by atoms with Gasteiger partial charge in [-0.2, -0.15) is 0 Å². The zero-order valence-corrected chi connectivity index (χ0v) is 13.2. The number of halogens is 1. The fourth-order valence-corrected chi connectivity index (χ4v) is 2.88. The van der Waals surface area contributed by atoms with Crippen molar-refractivity contribution in [3.8, 4) is 5.75 Å². The first kappa shape index (κ1) is 15.5. The van der Waals surface area contributed by atoms with Gasteiger partial charge < -0.3 is 15.0 Å². The Balaban J connectivity index is 1.85. The Bertz CT molecular complexity index is 425. The van der Waals surface area contributed by atoms with Crippen LogP contribution < -0.4 is 10.1 Å². The Morgan fingerprint density at radius 3 is 3.00 bits per heavy atom. The van der Waals surface area contributed by atoms with Crippen molar-refractivity contribution >= 4 is 17.3 Å². The van der Waals surface area contributed by atoms with Crippen LogP contribution in [-0.2, 0) is 0 Å². The second-order valence-electron chi connectivity index (χ2n) is 5.65. The smallest absolute Gasteiger partial charge is 0.138 e. The van der Waals surface area contributed by atoms with Gasteiger partial charge >= 0.3 is 0 Å². The summed E-state index contributed by atoms with van der Waals surface area (Å²) >= 11 is 6.24. The van der Waals surface area contributed by atoms with Crippen molar-refractivity contribution in [3.63, 3.8) is 0 Å². The maximum absolute atomic E-state index is 6.24. The highest BCUT2D eigenvalue weighted by Crippen LogP contribution is 2.28. The zero-order valence-electron chi connectivity index (χ0n) is 12.5. The number of nitrogens with zero attached hydrogens (tertiary/aromatic N) is 1. The first-order valence-electron chi connectivity index (χ1n) is 7.53. The van der Waals surface area contributed by atoms with Gasteiger partial charge in [0.15, 0.2) is 0 Å². The van der Waals surface area contributed by atoms with Crippen LogP contribution in [0.15, 0.2) is 18.2 Å². The van der Waals surface area contributed by atoms with Gasteiger partial charge in [-0.25, -0.2) is 0 Å². The van der Waals surface area contributed by atoms with Gasteiger partial charge in [0.1, 0.15) is 5.75 Å². The van der Waals surface area contributed by atoms with Crippen molar-refractivity contribution in [2.45, 2.75) is 26.2 Å². The Morgan fingerprint density at radius 1 is 1.45 bits per heavy atom. The number of ether oxygens (including phenoxy) is 1. The fraction of sp³-hybridized carbons (Fsp3) is 0.625. The quantitative estimate of drug-likeness (QED) is 0.862. The molecule has 20 heavy (non-hydrogen) atoms. The summed E-state index contributed by atoms with van der Waals surface area (Å²) in [6, 6.07) is 5.95. The molecule has 0 aromatic heterocycles. The number of nitrogens with one attached hydrogen (secondary N) is 1. The van der Waals surface area contributed by atoms with Crippen LogP contribution in [0, 0.1) is 5.92 Å². The molecule has 0 aliphatic carbocycles. The average molecular weight is 297 g/mol. The molecular weight excluding hydrogens is 272 g/mol. The van der Waals surface area contributed by atoms with Crippen molar-refractivity contribution in [3.05, 3.63) is 23.2 Å². The summed E-state index contributed by atoms with van der Waals surface area (Å²) in [6.45, 7) is 6.21. The van der Waals surface area contributed by atoms with Gasteiger partial charge in [0.2, 0.25) is 0 Å². The van der Waals surface area contributed by atoms with Gasteiger partial charge in [-0.15, -0.1) is 0 Å². The molecule has 0 bridgehead atoms. The zero-order chi connectivity index (χ0) is 14.4. The third-order valence-corrected chi connectivity index (χ3v) is 4.01. The summed E-state index contributed by atoms with van der Waals surface area (Å²) in [4.78, 5) is 2.41. The Labute approximate surface area is 127 Å². The first-order chi connectivity index (χ1) is 9.69. The van der Waals surface area contributed by atoms with E-state index < -0.39 is 0 Å². The monoisotopic (exact) mass is 296 g/mol. The molecule has 2 rings (SSSR count). The first-order valence-corrected chi connectivity index (χ1v) is 7.91. The fourth-order valence-electron chi connectivity index (χ4n) is 2.64. The molecule has 1 heterocycles. The minimum absolute atomic E-state index is 0.684. The normalized spacial score (nSPS) is 19.9. The molecular formula is C16H25ClN2O. The molecule has 4 heteroatoms. The van der Waals surface area contributed by atoms with Crippen molar-refractivity contribution in [2.24, 2.45) is 5.92 Å². The summed E-state index contributed by atoms with van der Waals surface area (Å²) < 4.78 is 5.58. The molecule has 1 unspecified atom stereocenters. The van der Waals surface area contributed by atoms with Gasteiger partial charge in [0.05, 0.1) is 11.6 Å². The van der Waals surface area contributed by atoms with Crippen LogP contribution in [0.4, 0.5) is 5.69 Å². The largest absolute Gasteiger partial charge is 0.492 e. The Kier molecular flexibility index (Phi) is 5.99. The van der Waals surface area contributed by atoms with E-state index in [2.05, 4.69) is 24.2 Å². The van der Waals surface area contributed by atoms with Crippen LogP contribution >= 0.6 is 11.6 Å². The molecule has 112 valence electrons. The summed E-state index contributed by atoms with van der Waals surface area (Å²) in [5.74, 6) is 1.50. The highest BCUT2D eigenvalue weighted by atomic mass is 35.5. The van der Waals surface area contributed by atoms with E-state index >= 15 is 0 Å². The maximum Gasteiger partial charge on any atom is 0.138 e. The predicted molar refractivity (Wildman–Crippen MR) is 85.9 cm³/mol. The molecule has 1 saturated heterocycles. The number of rotatable bonds is 6. The van der Waals surface area contributed by atoms with Crippen molar-refractivity contribution < 1.29 is 4.74 Å². The third-order valence-electron chi connectivity index (χ3n) is 3.71. The van der Waals surface area contributed by atoms with Gasteiger partial charge in [-0.3, -0.25) is 0 Å². The highest BCUT2D eigenvalue weighted by molar-refractivity contribution is 6.32. The molecule has 1 aromatic carbocycles. The Hall–Kier alpha value is -0.930. The lowest BCUT2D eigenvalue weighted by atomic mass is 9.98. The lowest BCUT2D eigenvalue weighted by molar-refractivity contribution is 0.217. The average Bonchev–Trinajstić information content (AvgIpc) is 2.44.